The molecule has 0 saturated carbocycles. The number of carbonyl (C=O) groups excluding carboxylic acids is 2. The first-order chi connectivity index (χ1) is 6.58. The summed E-state index contributed by atoms with van der Waals surface area (Å²) in [5.74, 6) is -0.403. The van der Waals surface area contributed by atoms with E-state index in [9.17, 15) is 9.59 Å². The van der Waals surface area contributed by atoms with Crippen molar-refractivity contribution in [2.24, 2.45) is 5.73 Å². The lowest BCUT2D eigenvalue weighted by atomic mass is 10.1. The number of nitrogens with one attached hydrogen (secondary N) is 1. The maximum Gasteiger partial charge on any atom is 0.318 e. The molecular formula is C9H9BrN2O2. The highest BCUT2D eigenvalue weighted by Gasteiger charge is 2.04. The molecule has 74 valence electrons. The Morgan fingerprint density at radius 2 is 1.86 bits per heavy atom. The van der Waals surface area contributed by atoms with Crippen molar-refractivity contribution in [1.82, 2.24) is 5.32 Å². The number of hydrogen-bond acceptors (Lipinski definition) is 2. The molecule has 3 N–H and O–H groups in total. The fourth-order valence-electron chi connectivity index (χ4n) is 0.969. The van der Waals surface area contributed by atoms with Crippen LogP contribution in [0, 0.1) is 0 Å². The van der Waals surface area contributed by atoms with E-state index in [1.54, 1.807) is 12.1 Å². The molecule has 0 spiro atoms. The number of amides is 3. The van der Waals surface area contributed by atoms with Crippen molar-refractivity contribution in [3.8, 4) is 0 Å². The minimum Gasteiger partial charge on any atom is -0.351 e. The number of imide groups is 1. The average Bonchev–Trinajstić information content (AvgIpc) is 2.07. The molecule has 0 aromatic heterocycles. The fourth-order valence-corrected chi connectivity index (χ4v) is 1.23. The molecule has 14 heavy (non-hydrogen) atoms. The van der Waals surface area contributed by atoms with Gasteiger partial charge in [-0.15, -0.1) is 0 Å². The van der Waals surface area contributed by atoms with Gasteiger partial charge in [-0.2, -0.15) is 0 Å². The van der Waals surface area contributed by atoms with Gasteiger partial charge in [0.1, 0.15) is 0 Å². The van der Waals surface area contributed by atoms with Crippen LogP contribution >= 0.6 is 15.9 Å². The summed E-state index contributed by atoms with van der Waals surface area (Å²) in [5.41, 5.74) is 5.62. The highest BCUT2D eigenvalue weighted by molar-refractivity contribution is 9.10. The molecule has 1 aromatic rings. The summed E-state index contributed by atoms with van der Waals surface area (Å²) in [7, 11) is 0. The van der Waals surface area contributed by atoms with Crippen molar-refractivity contribution in [3.63, 3.8) is 0 Å². The molecule has 0 aliphatic heterocycles. The minimum atomic E-state index is -0.827. The van der Waals surface area contributed by atoms with Crippen LogP contribution in [0.2, 0.25) is 0 Å². The molecule has 0 saturated heterocycles. The number of urea groups is 1. The van der Waals surface area contributed by atoms with Gasteiger partial charge in [-0.3, -0.25) is 10.1 Å². The van der Waals surface area contributed by atoms with Crippen LogP contribution in [-0.2, 0) is 11.2 Å². The molecule has 0 bridgehead atoms. The summed E-state index contributed by atoms with van der Waals surface area (Å²) in [6, 6.07) is 6.42. The Morgan fingerprint density at radius 3 is 2.36 bits per heavy atom. The number of primary amides is 1. The first-order valence-electron chi connectivity index (χ1n) is 3.91. The Morgan fingerprint density at radius 1 is 1.29 bits per heavy atom. The Hall–Kier alpha value is -1.36. The van der Waals surface area contributed by atoms with Gasteiger partial charge < -0.3 is 5.73 Å². The Bertz CT molecular complexity index is 348. The van der Waals surface area contributed by atoms with Gasteiger partial charge in [0.2, 0.25) is 5.91 Å². The zero-order chi connectivity index (χ0) is 10.6. The summed E-state index contributed by atoms with van der Waals surface area (Å²) >= 11 is 3.28. The Kier molecular flexibility index (Phi) is 3.64. The van der Waals surface area contributed by atoms with Gasteiger partial charge in [0.15, 0.2) is 0 Å². The van der Waals surface area contributed by atoms with Crippen LogP contribution in [-0.4, -0.2) is 11.9 Å². The normalized spacial score (nSPS) is 9.50. The van der Waals surface area contributed by atoms with E-state index >= 15 is 0 Å². The minimum absolute atomic E-state index is 0.149. The standard InChI is InChI=1S/C9H9BrN2O2/c10-7-3-1-6(2-4-7)5-8(13)12-9(11)14/h1-4H,5H2,(H3,11,12,13,14). The van der Waals surface area contributed by atoms with E-state index in [0.29, 0.717) is 0 Å². The van der Waals surface area contributed by atoms with E-state index in [1.165, 1.54) is 0 Å². The molecule has 3 amide bonds. The van der Waals surface area contributed by atoms with Gasteiger partial charge >= 0.3 is 6.03 Å². The average molecular weight is 257 g/mol. The van der Waals surface area contributed by atoms with E-state index in [0.717, 1.165) is 10.0 Å². The third kappa shape index (κ3) is 3.57. The third-order valence-corrected chi connectivity index (χ3v) is 2.07. The lowest BCUT2D eigenvalue weighted by molar-refractivity contribution is -0.119. The van der Waals surface area contributed by atoms with Crippen LogP contribution in [0.25, 0.3) is 0 Å². The SMILES string of the molecule is NC(=O)NC(=O)Cc1ccc(Br)cc1. The maximum atomic E-state index is 11.1. The zero-order valence-corrected chi connectivity index (χ0v) is 8.87. The van der Waals surface area contributed by atoms with Crippen molar-refractivity contribution >= 4 is 27.9 Å². The first-order valence-corrected chi connectivity index (χ1v) is 4.71. The molecular weight excluding hydrogens is 248 g/mol. The van der Waals surface area contributed by atoms with Crippen molar-refractivity contribution < 1.29 is 9.59 Å². The maximum absolute atomic E-state index is 11.1. The van der Waals surface area contributed by atoms with Crippen molar-refractivity contribution in [1.29, 1.82) is 0 Å². The van der Waals surface area contributed by atoms with E-state index < -0.39 is 11.9 Å². The van der Waals surface area contributed by atoms with Crippen molar-refractivity contribution in [2.75, 3.05) is 0 Å². The van der Waals surface area contributed by atoms with Gasteiger partial charge in [-0.05, 0) is 17.7 Å². The number of carbonyl (C=O) groups is 2. The predicted molar refractivity (Wildman–Crippen MR) is 55.6 cm³/mol. The van der Waals surface area contributed by atoms with Gasteiger partial charge in [0.05, 0.1) is 6.42 Å². The van der Waals surface area contributed by atoms with Crippen LogP contribution in [0.3, 0.4) is 0 Å². The first kappa shape index (κ1) is 10.7. The second-order valence-corrected chi connectivity index (χ2v) is 3.63. The second-order valence-electron chi connectivity index (χ2n) is 2.72. The van der Waals surface area contributed by atoms with Crippen molar-refractivity contribution in [2.45, 2.75) is 6.42 Å². The van der Waals surface area contributed by atoms with Gasteiger partial charge in [0.25, 0.3) is 0 Å². The van der Waals surface area contributed by atoms with Crippen molar-refractivity contribution in [3.05, 3.63) is 34.3 Å². The van der Waals surface area contributed by atoms with Crippen LogP contribution < -0.4 is 11.1 Å². The molecule has 5 heteroatoms. The lowest BCUT2D eigenvalue weighted by Crippen LogP contribution is -2.35. The Balaban J connectivity index is 2.56. The van der Waals surface area contributed by atoms with E-state index in [1.807, 2.05) is 17.4 Å². The van der Waals surface area contributed by atoms with E-state index in [-0.39, 0.29) is 6.42 Å². The summed E-state index contributed by atoms with van der Waals surface area (Å²) in [5, 5.41) is 1.99. The number of rotatable bonds is 2. The molecule has 0 aliphatic carbocycles. The second kappa shape index (κ2) is 4.76. The van der Waals surface area contributed by atoms with Gasteiger partial charge in [-0.25, -0.2) is 4.79 Å². The topological polar surface area (TPSA) is 72.2 Å². The molecule has 0 heterocycles. The van der Waals surface area contributed by atoms with Gasteiger partial charge in [-0.1, -0.05) is 28.1 Å². The molecule has 0 atom stereocenters. The Labute approximate surface area is 89.6 Å². The lowest BCUT2D eigenvalue weighted by Gasteiger charge is -2.00. The number of nitrogens with two attached hydrogens (primary N) is 1. The number of halogens is 1. The van der Waals surface area contributed by atoms with E-state index in [4.69, 9.17) is 5.73 Å². The molecule has 0 fully saturated rings. The third-order valence-electron chi connectivity index (χ3n) is 1.54. The monoisotopic (exact) mass is 256 g/mol. The molecule has 0 unspecified atom stereocenters. The zero-order valence-electron chi connectivity index (χ0n) is 7.29. The highest BCUT2D eigenvalue weighted by atomic mass is 79.9. The quantitative estimate of drug-likeness (QED) is 0.835. The highest BCUT2D eigenvalue weighted by Crippen LogP contribution is 2.10. The molecule has 0 aliphatic rings. The summed E-state index contributed by atoms with van der Waals surface area (Å²) in [6.45, 7) is 0. The van der Waals surface area contributed by atoms with Gasteiger partial charge in [0, 0.05) is 4.47 Å². The van der Waals surface area contributed by atoms with Crippen LogP contribution in [0.15, 0.2) is 28.7 Å². The smallest absolute Gasteiger partial charge is 0.318 e. The van der Waals surface area contributed by atoms with Crippen LogP contribution in [0.4, 0.5) is 4.79 Å². The van der Waals surface area contributed by atoms with E-state index in [2.05, 4.69) is 15.9 Å². The number of benzene rings is 1. The van der Waals surface area contributed by atoms with Crippen LogP contribution in [0.5, 0.6) is 0 Å². The molecule has 1 rings (SSSR count). The summed E-state index contributed by atoms with van der Waals surface area (Å²) < 4.78 is 0.941. The molecule has 0 radical (unpaired) electrons. The fraction of sp³-hybridized carbons (Fsp3) is 0.111. The predicted octanol–water partition coefficient (Wildman–Crippen LogP) is 1.19. The van der Waals surface area contributed by atoms with Crippen LogP contribution in [0.1, 0.15) is 5.56 Å². The summed E-state index contributed by atoms with van der Waals surface area (Å²) in [6.07, 6.45) is 0.149. The molecule has 1 aromatic carbocycles. The summed E-state index contributed by atoms with van der Waals surface area (Å²) in [4.78, 5) is 21.4. The molecule has 4 nitrogen and oxygen atoms in total. The largest absolute Gasteiger partial charge is 0.351 e. The number of hydrogen-bond donors (Lipinski definition) is 2.